The molecule has 0 radical (unpaired) electrons. The van der Waals surface area contributed by atoms with Crippen LogP contribution in [0.1, 0.15) is 63.1 Å². The van der Waals surface area contributed by atoms with Crippen LogP contribution in [0.3, 0.4) is 0 Å². The Morgan fingerprint density at radius 3 is 3.14 bits per heavy atom. The molecule has 0 saturated carbocycles. The minimum atomic E-state index is -0.0674. The molecule has 1 N–H and O–H groups in total. The van der Waals surface area contributed by atoms with Crippen molar-refractivity contribution < 1.29 is 4.79 Å². The molecule has 114 valence electrons. The molecule has 0 saturated heterocycles. The number of aromatic nitrogens is 3. The fourth-order valence-electron chi connectivity index (χ4n) is 3.30. The molecule has 0 unspecified atom stereocenters. The number of nitrogens with zero attached hydrogens (tertiary/aromatic N) is 3. The fourth-order valence-corrected chi connectivity index (χ4v) is 3.30. The molecule has 21 heavy (non-hydrogen) atoms. The predicted molar refractivity (Wildman–Crippen MR) is 80.6 cm³/mol. The van der Waals surface area contributed by atoms with Crippen molar-refractivity contribution in [3.05, 3.63) is 23.8 Å². The molecule has 1 aromatic rings. The van der Waals surface area contributed by atoms with E-state index in [0.29, 0.717) is 12.3 Å². The van der Waals surface area contributed by atoms with E-state index in [9.17, 15) is 4.79 Å². The molecule has 2 aliphatic rings. The van der Waals surface area contributed by atoms with Gasteiger partial charge in [-0.1, -0.05) is 18.6 Å². The molecular formula is C16H24N4O. The number of fused-ring (bicyclic) bond motifs is 1. The first-order valence-corrected chi connectivity index (χ1v) is 8.12. The van der Waals surface area contributed by atoms with Gasteiger partial charge < -0.3 is 9.88 Å². The lowest BCUT2D eigenvalue weighted by atomic mass is 10.0. The lowest BCUT2D eigenvalue weighted by Crippen LogP contribution is -2.30. The molecule has 2 heterocycles. The Kier molecular flexibility index (Phi) is 4.36. The second kappa shape index (κ2) is 6.41. The minimum Gasteiger partial charge on any atom is -0.346 e. The van der Waals surface area contributed by atoms with Gasteiger partial charge in [0.05, 0.1) is 6.04 Å². The molecular weight excluding hydrogens is 264 g/mol. The van der Waals surface area contributed by atoms with E-state index in [1.54, 1.807) is 0 Å². The van der Waals surface area contributed by atoms with E-state index in [1.807, 2.05) is 6.92 Å². The summed E-state index contributed by atoms with van der Waals surface area (Å²) in [7, 11) is 0. The summed E-state index contributed by atoms with van der Waals surface area (Å²) in [5.41, 5.74) is 0. The van der Waals surface area contributed by atoms with Gasteiger partial charge in [-0.05, 0) is 38.5 Å². The SMILES string of the molecule is C[C@H](NC(=O)C[C@@H]1C=CCC1)c1nnc2n1CCCCC2. The van der Waals surface area contributed by atoms with Crippen LogP contribution in [0.5, 0.6) is 0 Å². The summed E-state index contributed by atoms with van der Waals surface area (Å²) < 4.78 is 2.20. The average molecular weight is 288 g/mol. The number of allylic oxidation sites excluding steroid dienone is 2. The van der Waals surface area contributed by atoms with Crippen LogP contribution in [0.25, 0.3) is 0 Å². The molecule has 1 aliphatic heterocycles. The van der Waals surface area contributed by atoms with Crippen LogP contribution >= 0.6 is 0 Å². The molecule has 1 amide bonds. The van der Waals surface area contributed by atoms with E-state index in [1.165, 1.54) is 19.3 Å². The summed E-state index contributed by atoms with van der Waals surface area (Å²) in [6.45, 7) is 2.98. The summed E-state index contributed by atoms with van der Waals surface area (Å²) in [5, 5.41) is 11.7. The van der Waals surface area contributed by atoms with E-state index >= 15 is 0 Å². The van der Waals surface area contributed by atoms with Gasteiger partial charge in [0.25, 0.3) is 0 Å². The Labute approximate surface area is 125 Å². The number of hydrogen-bond acceptors (Lipinski definition) is 3. The smallest absolute Gasteiger partial charge is 0.221 e. The fraction of sp³-hybridized carbons (Fsp3) is 0.688. The van der Waals surface area contributed by atoms with E-state index in [4.69, 9.17) is 0 Å². The zero-order chi connectivity index (χ0) is 14.7. The first-order valence-electron chi connectivity index (χ1n) is 8.12. The van der Waals surface area contributed by atoms with E-state index in [0.717, 1.165) is 37.5 Å². The lowest BCUT2D eigenvalue weighted by molar-refractivity contribution is -0.122. The molecule has 2 atom stereocenters. The van der Waals surface area contributed by atoms with Gasteiger partial charge in [-0.2, -0.15) is 0 Å². The van der Waals surface area contributed by atoms with Crippen molar-refractivity contribution in [2.45, 2.75) is 64.5 Å². The first kappa shape index (κ1) is 14.3. The van der Waals surface area contributed by atoms with Crippen LogP contribution in [0.15, 0.2) is 12.2 Å². The van der Waals surface area contributed by atoms with Crippen molar-refractivity contribution in [1.82, 2.24) is 20.1 Å². The second-order valence-corrected chi connectivity index (χ2v) is 6.20. The highest BCUT2D eigenvalue weighted by Gasteiger charge is 2.21. The number of rotatable bonds is 4. The highest BCUT2D eigenvalue weighted by molar-refractivity contribution is 5.76. The van der Waals surface area contributed by atoms with Gasteiger partial charge >= 0.3 is 0 Å². The number of aryl methyl sites for hydroxylation is 1. The zero-order valence-corrected chi connectivity index (χ0v) is 12.7. The monoisotopic (exact) mass is 288 g/mol. The summed E-state index contributed by atoms with van der Waals surface area (Å²) in [5.74, 6) is 2.50. The number of nitrogens with one attached hydrogen (secondary N) is 1. The Morgan fingerprint density at radius 2 is 2.33 bits per heavy atom. The Hall–Kier alpha value is -1.65. The van der Waals surface area contributed by atoms with Gasteiger partial charge in [-0.3, -0.25) is 4.79 Å². The van der Waals surface area contributed by atoms with Crippen LogP contribution in [0, 0.1) is 5.92 Å². The summed E-state index contributed by atoms with van der Waals surface area (Å²) in [6.07, 6.45) is 11.7. The van der Waals surface area contributed by atoms with Crippen molar-refractivity contribution in [3.8, 4) is 0 Å². The van der Waals surface area contributed by atoms with Crippen LogP contribution in [0.2, 0.25) is 0 Å². The topological polar surface area (TPSA) is 59.8 Å². The number of hydrogen-bond donors (Lipinski definition) is 1. The molecule has 0 spiro atoms. The van der Waals surface area contributed by atoms with Crippen LogP contribution < -0.4 is 5.32 Å². The lowest BCUT2D eigenvalue weighted by Gasteiger charge is -2.16. The van der Waals surface area contributed by atoms with Crippen molar-refractivity contribution in [1.29, 1.82) is 0 Å². The summed E-state index contributed by atoms with van der Waals surface area (Å²) in [6, 6.07) is -0.0674. The van der Waals surface area contributed by atoms with Crippen LogP contribution in [-0.2, 0) is 17.8 Å². The maximum atomic E-state index is 12.1. The van der Waals surface area contributed by atoms with Crippen molar-refractivity contribution >= 4 is 5.91 Å². The van der Waals surface area contributed by atoms with Gasteiger partial charge in [0.15, 0.2) is 5.82 Å². The largest absolute Gasteiger partial charge is 0.346 e. The molecule has 1 aromatic heterocycles. The maximum absolute atomic E-state index is 12.1. The number of carbonyl (C=O) groups is 1. The quantitative estimate of drug-likeness (QED) is 0.866. The van der Waals surface area contributed by atoms with E-state index < -0.39 is 0 Å². The standard InChI is InChI=1S/C16H24N4O/c1-12(17-15(21)11-13-7-4-5-8-13)16-19-18-14-9-3-2-6-10-20(14)16/h4,7,12-13H,2-3,5-6,8-11H2,1H3,(H,17,21)/t12-,13+/m0/s1. The van der Waals surface area contributed by atoms with Gasteiger partial charge in [0.2, 0.25) is 5.91 Å². The third-order valence-electron chi connectivity index (χ3n) is 4.46. The number of carbonyl (C=O) groups excluding carboxylic acids is 1. The van der Waals surface area contributed by atoms with Crippen molar-refractivity contribution in [2.75, 3.05) is 0 Å². The molecule has 3 rings (SSSR count). The third-order valence-corrected chi connectivity index (χ3v) is 4.46. The van der Waals surface area contributed by atoms with Gasteiger partial charge in [0, 0.05) is 19.4 Å². The highest BCUT2D eigenvalue weighted by atomic mass is 16.1. The molecule has 5 heteroatoms. The van der Waals surface area contributed by atoms with E-state index in [2.05, 4.69) is 32.2 Å². The minimum absolute atomic E-state index is 0.0674. The summed E-state index contributed by atoms with van der Waals surface area (Å²) >= 11 is 0. The van der Waals surface area contributed by atoms with Crippen LogP contribution in [-0.4, -0.2) is 20.7 Å². The van der Waals surface area contributed by atoms with Gasteiger partial charge in [-0.25, -0.2) is 0 Å². The maximum Gasteiger partial charge on any atom is 0.221 e. The predicted octanol–water partition coefficient (Wildman–Crippen LogP) is 2.54. The number of amides is 1. The average Bonchev–Trinajstić information content (AvgIpc) is 3.04. The Bertz CT molecular complexity index is 534. The Morgan fingerprint density at radius 1 is 1.43 bits per heavy atom. The zero-order valence-electron chi connectivity index (χ0n) is 12.7. The van der Waals surface area contributed by atoms with Crippen molar-refractivity contribution in [3.63, 3.8) is 0 Å². The normalized spacial score (nSPS) is 22.6. The third kappa shape index (κ3) is 3.34. The first-order chi connectivity index (χ1) is 10.2. The summed E-state index contributed by atoms with van der Waals surface area (Å²) in [4.78, 5) is 12.1. The molecule has 1 aliphatic carbocycles. The Balaban J connectivity index is 1.62. The molecule has 0 bridgehead atoms. The molecule has 0 fully saturated rings. The van der Waals surface area contributed by atoms with Gasteiger partial charge in [-0.15, -0.1) is 10.2 Å². The second-order valence-electron chi connectivity index (χ2n) is 6.20. The van der Waals surface area contributed by atoms with Crippen molar-refractivity contribution in [2.24, 2.45) is 5.92 Å². The molecule has 0 aromatic carbocycles. The van der Waals surface area contributed by atoms with Gasteiger partial charge in [0.1, 0.15) is 5.82 Å². The highest BCUT2D eigenvalue weighted by Crippen LogP contribution is 2.22. The van der Waals surface area contributed by atoms with E-state index in [-0.39, 0.29) is 11.9 Å². The molecule has 5 nitrogen and oxygen atoms in total. The van der Waals surface area contributed by atoms with Crippen LogP contribution in [0.4, 0.5) is 0 Å².